The minimum absolute atomic E-state index is 0.0253. The second-order valence-electron chi connectivity index (χ2n) is 4.46. The van der Waals surface area contributed by atoms with Gasteiger partial charge in [0, 0.05) is 0 Å². The minimum atomic E-state index is -1.33. The van der Waals surface area contributed by atoms with Crippen molar-refractivity contribution in [3.8, 4) is 0 Å². The maximum atomic E-state index is 12.2. The molecule has 1 aliphatic rings. The van der Waals surface area contributed by atoms with Crippen LogP contribution in [-0.4, -0.2) is 33.2 Å². The first-order valence-corrected chi connectivity index (χ1v) is 7.26. The summed E-state index contributed by atoms with van der Waals surface area (Å²) in [5.74, 6) is -0.672. The fourth-order valence-electron chi connectivity index (χ4n) is 2.11. The van der Waals surface area contributed by atoms with Crippen LogP contribution in [0.1, 0.15) is 30.1 Å². The molecule has 98 valence electrons. The van der Waals surface area contributed by atoms with Crippen molar-refractivity contribution < 1.29 is 18.8 Å². The fraction of sp³-hybridized carbons (Fsp3) is 0.462. The topological polar surface area (TPSA) is 63.6 Å². The van der Waals surface area contributed by atoms with E-state index in [0.29, 0.717) is 10.6 Å². The molecule has 0 saturated carbocycles. The van der Waals surface area contributed by atoms with Gasteiger partial charge in [0.25, 0.3) is 0 Å². The van der Waals surface area contributed by atoms with Gasteiger partial charge in [-0.05, 0) is 31.9 Å². The van der Waals surface area contributed by atoms with E-state index in [4.69, 9.17) is 9.84 Å². The van der Waals surface area contributed by atoms with Crippen molar-refractivity contribution in [3.05, 3.63) is 29.8 Å². The first-order valence-electron chi connectivity index (χ1n) is 5.94. The number of rotatable bonds is 4. The lowest BCUT2D eigenvalue weighted by atomic mass is 10.2. The minimum Gasteiger partial charge on any atom is -0.478 e. The normalized spacial score (nSPS) is 24.9. The van der Waals surface area contributed by atoms with Gasteiger partial charge in [0.15, 0.2) is 0 Å². The van der Waals surface area contributed by atoms with Gasteiger partial charge < -0.3 is 9.84 Å². The lowest BCUT2D eigenvalue weighted by Crippen LogP contribution is -2.18. The average Bonchev–Trinajstić information content (AvgIpc) is 2.74. The van der Waals surface area contributed by atoms with Crippen LogP contribution in [0, 0.1) is 0 Å². The average molecular weight is 268 g/mol. The molecule has 0 aromatic heterocycles. The summed E-state index contributed by atoms with van der Waals surface area (Å²) in [7, 11) is -1.33. The standard InChI is InChI=1S/C13H16O4S/c1-9-6-7-10(17-9)8-18(16)12-5-3-2-4-11(12)13(14)15/h2-5,9-10H,6-8H2,1H3,(H,14,15). The van der Waals surface area contributed by atoms with Crippen molar-refractivity contribution in [2.24, 2.45) is 0 Å². The number of hydrogen-bond donors (Lipinski definition) is 1. The fourth-order valence-corrected chi connectivity index (χ4v) is 3.50. The molecule has 1 saturated heterocycles. The van der Waals surface area contributed by atoms with Crippen LogP contribution in [0.15, 0.2) is 29.2 Å². The zero-order chi connectivity index (χ0) is 13.1. The molecule has 0 spiro atoms. The molecule has 1 fully saturated rings. The predicted octanol–water partition coefficient (Wildman–Crippen LogP) is 2.06. The molecule has 0 amide bonds. The molecule has 1 aromatic carbocycles. The monoisotopic (exact) mass is 268 g/mol. The van der Waals surface area contributed by atoms with E-state index in [9.17, 15) is 9.00 Å². The Hall–Kier alpha value is -1.20. The van der Waals surface area contributed by atoms with E-state index in [-0.39, 0.29) is 17.8 Å². The van der Waals surface area contributed by atoms with E-state index in [0.717, 1.165) is 12.8 Å². The Kier molecular flexibility index (Phi) is 4.14. The molecule has 18 heavy (non-hydrogen) atoms. The van der Waals surface area contributed by atoms with Crippen molar-refractivity contribution in [1.82, 2.24) is 0 Å². The quantitative estimate of drug-likeness (QED) is 0.908. The van der Waals surface area contributed by atoms with Crippen molar-refractivity contribution in [1.29, 1.82) is 0 Å². The number of benzene rings is 1. The second kappa shape index (κ2) is 5.63. The van der Waals surface area contributed by atoms with Gasteiger partial charge in [-0.2, -0.15) is 0 Å². The Bertz CT molecular complexity index is 472. The third-order valence-corrected chi connectivity index (χ3v) is 4.54. The second-order valence-corrected chi connectivity index (χ2v) is 5.92. The van der Waals surface area contributed by atoms with Crippen LogP contribution >= 0.6 is 0 Å². The van der Waals surface area contributed by atoms with E-state index >= 15 is 0 Å². The summed E-state index contributed by atoms with van der Waals surface area (Å²) in [5, 5.41) is 9.05. The molecular formula is C13H16O4S. The predicted molar refractivity (Wildman–Crippen MR) is 68.2 cm³/mol. The highest BCUT2D eigenvalue weighted by Gasteiger charge is 2.25. The molecule has 1 aliphatic heterocycles. The summed E-state index contributed by atoms with van der Waals surface area (Å²) in [5.41, 5.74) is 0.113. The lowest BCUT2D eigenvalue weighted by Gasteiger charge is -2.11. The van der Waals surface area contributed by atoms with Crippen molar-refractivity contribution in [2.45, 2.75) is 36.9 Å². The summed E-state index contributed by atoms with van der Waals surface area (Å²) in [6.45, 7) is 1.99. The van der Waals surface area contributed by atoms with Gasteiger partial charge in [-0.15, -0.1) is 0 Å². The van der Waals surface area contributed by atoms with E-state index in [1.165, 1.54) is 6.07 Å². The van der Waals surface area contributed by atoms with E-state index in [2.05, 4.69) is 0 Å². The molecule has 3 atom stereocenters. The Morgan fingerprint density at radius 2 is 2.17 bits per heavy atom. The van der Waals surface area contributed by atoms with Crippen LogP contribution in [0.4, 0.5) is 0 Å². The Morgan fingerprint density at radius 1 is 1.44 bits per heavy atom. The van der Waals surface area contributed by atoms with Gasteiger partial charge in [0.1, 0.15) is 0 Å². The summed E-state index contributed by atoms with van der Waals surface area (Å²) >= 11 is 0. The van der Waals surface area contributed by atoms with Gasteiger partial charge in [0.05, 0.1) is 39.2 Å². The molecule has 1 N–H and O–H groups in total. The number of aromatic carboxylic acids is 1. The number of carbonyl (C=O) groups is 1. The Balaban J connectivity index is 2.11. The van der Waals surface area contributed by atoms with Crippen LogP contribution in [0.3, 0.4) is 0 Å². The SMILES string of the molecule is CC1CCC(CS(=O)c2ccccc2C(=O)O)O1. The number of ether oxygens (including phenoxy) is 1. The van der Waals surface area contributed by atoms with Crippen LogP contribution in [0.5, 0.6) is 0 Å². The van der Waals surface area contributed by atoms with Crippen molar-refractivity contribution in [3.63, 3.8) is 0 Å². The summed E-state index contributed by atoms with van der Waals surface area (Å²) in [4.78, 5) is 11.4. The lowest BCUT2D eigenvalue weighted by molar-refractivity contribution is 0.0682. The maximum Gasteiger partial charge on any atom is 0.336 e. The van der Waals surface area contributed by atoms with Gasteiger partial charge in [0.2, 0.25) is 0 Å². The highest BCUT2D eigenvalue weighted by Crippen LogP contribution is 2.22. The molecule has 0 aliphatic carbocycles. The molecule has 5 heteroatoms. The summed E-state index contributed by atoms with van der Waals surface area (Å²) in [6.07, 6.45) is 2.05. The molecule has 1 aromatic rings. The highest BCUT2D eigenvalue weighted by molar-refractivity contribution is 7.85. The number of carboxylic acids is 1. The Labute approximate surface area is 108 Å². The summed E-state index contributed by atoms with van der Waals surface area (Å²) < 4.78 is 17.8. The van der Waals surface area contributed by atoms with Crippen LogP contribution < -0.4 is 0 Å². The van der Waals surface area contributed by atoms with Gasteiger partial charge in [-0.3, -0.25) is 4.21 Å². The molecular weight excluding hydrogens is 252 g/mol. The molecule has 1 heterocycles. The smallest absolute Gasteiger partial charge is 0.336 e. The van der Waals surface area contributed by atoms with Crippen molar-refractivity contribution in [2.75, 3.05) is 5.75 Å². The molecule has 4 nitrogen and oxygen atoms in total. The first kappa shape index (κ1) is 13.2. The molecule has 2 rings (SSSR count). The van der Waals surface area contributed by atoms with E-state index < -0.39 is 16.8 Å². The third-order valence-electron chi connectivity index (χ3n) is 3.02. The van der Waals surface area contributed by atoms with Crippen LogP contribution in [-0.2, 0) is 15.5 Å². The van der Waals surface area contributed by atoms with Crippen molar-refractivity contribution >= 4 is 16.8 Å². The van der Waals surface area contributed by atoms with E-state index in [1.54, 1.807) is 18.2 Å². The molecule has 3 unspecified atom stereocenters. The zero-order valence-electron chi connectivity index (χ0n) is 10.2. The van der Waals surface area contributed by atoms with Gasteiger partial charge in [-0.1, -0.05) is 12.1 Å². The van der Waals surface area contributed by atoms with Crippen LogP contribution in [0.25, 0.3) is 0 Å². The number of carboxylic acid groups (broad SMARTS) is 1. The molecule has 0 radical (unpaired) electrons. The first-order chi connectivity index (χ1) is 8.58. The largest absolute Gasteiger partial charge is 0.478 e. The Morgan fingerprint density at radius 3 is 2.78 bits per heavy atom. The zero-order valence-corrected chi connectivity index (χ0v) is 11.0. The summed E-state index contributed by atoms with van der Waals surface area (Å²) in [6, 6.07) is 6.43. The van der Waals surface area contributed by atoms with Gasteiger partial charge >= 0.3 is 5.97 Å². The highest BCUT2D eigenvalue weighted by atomic mass is 32.2. The number of hydrogen-bond acceptors (Lipinski definition) is 3. The third kappa shape index (κ3) is 2.97. The molecule has 0 bridgehead atoms. The van der Waals surface area contributed by atoms with Crippen LogP contribution in [0.2, 0.25) is 0 Å². The van der Waals surface area contributed by atoms with Gasteiger partial charge in [-0.25, -0.2) is 4.79 Å². The van der Waals surface area contributed by atoms with E-state index in [1.807, 2.05) is 6.92 Å². The maximum absolute atomic E-state index is 12.2.